The van der Waals surface area contributed by atoms with Crippen molar-refractivity contribution in [2.24, 2.45) is 0 Å². The van der Waals surface area contributed by atoms with Gasteiger partial charge in [-0.1, -0.05) is 46.8 Å². The molecular formula is C22H32N4O. The molecule has 1 amide bonds. The minimum Gasteiger partial charge on any atom is -0.337 e. The molecule has 1 aromatic heterocycles. The summed E-state index contributed by atoms with van der Waals surface area (Å²) in [6.45, 7) is 14.1. The Morgan fingerprint density at radius 3 is 2.15 bits per heavy atom. The monoisotopic (exact) mass is 368 g/mol. The molecule has 1 N–H and O–H groups in total. The van der Waals surface area contributed by atoms with Crippen LogP contribution in [0.3, 0.4) is 0 Å². The first-order valence-electron chi connectivity index (χ1n) is 9.77. The quantitative estimate of drug-likeness (QED) is 0.740. The van der Waals surface area contributed by atoms with E-state index in [1.165, 1.54) is 5.56 Å². The fraction of sp³-hybridized carbons (Fsp3) is 0.500. The second-order valence-corrected chi connectivity index (χ2v) is 7.96. The van der Waals surface area contributed by atoms with Gasteiger partial charge in [-0.05, 0) is 48.9 Å². The van der Waals surface area contributed by atoms with E-state index in [9.17, 15) is 4.79 Å². The molecule has 27 heavy (non-hydrogen) atoms. The van der Waals surface area contributed by atoms with Crippen LogP contribution in [-0.2, 0) is 5.41 Å². The molecule has 0 radical (unpaired) electrons. The highest BCUT2D eigenvalue weighted by Crippen LogP contribution is 2.24. The predicted octanol–water partition coefficient (Wildman–Crippen LogP) is 5.09. The summed E-state index contributed by atoms with van der Waals surface area (Å²) in [6.07, 6.45) is 1.86. The number of aromatic nitrogens is 2. The molecule has 2 rings (SSSR count). The maximum Gasteiger partial charge on any atom is 0.272 e. The van der Waals surface area contributed by atoms with Crippen LogP contribution in [0.1, 0.15) is 69.2 Å². The van der Waals surface area contributed by atoms with Crippen molar-refractivity contribution in [3.8, 4) is 0 Å². The number of aryl methyl sites for hydroxylation is 1. The van der Waals surface area contributed by atoms with Gasteiger partial charge in [-0.2, -0.15) is 0 Å². The lowest BCUT2D eigenvalue weighted by Crippen LogP contribution is -2.33. The third kappa shape index (κ3) is 5.78. The number of nitrogens with one attached hydrogen (secondary N) is 1. The first-order chi connectivity index (χ1) is 12.7. The summed E-state index contributed by atoms with van der Waals surface area (Å²) in [7, 11) is 0. The first kappa shape index (κ1) is 20.9. The van der Waals surface area contributed by atoms with Gasteiger partial charge < -0.3 is 10.2 Å². The minimum atomic E-state index is -0.0321. The van der Waals surface area contributed by atoms with Crippen molar-refractivity contribution in [2.45, 2.75) is 59.8 Å². The third-order valence-electron chi connectivity index (χ3n) is 4.35. The Morgan fingerprint density at radius 2 is 1.63 bits per heavy atom. The van der Waals surface area contributed by atoms with Crippen LogP contribution in [0, 0.1) is 6.92 Å². The van der Waals surface area contributed by atoms with E-state index in [2.05, 4.69) is 62.0 Å². The molecule has 0 aliphatic carbocycles. The molecular weight excluding hydrogens is 336 g/mol. The molecule has 0 saturated carbocycles. The van der Waals surface area contributed by atoms with Gasteiger partial charge >= 0.3 is 0 Å². The second kappa shape index (κ2) is 8.98. The highest BCUT2D eigenvalue weighted by molar-refractivity contribution is 5.92. The van der Waals surface area contributed by atoms with Crippen LogP contribution in [0.2, 0.25) is 0 Å². The van der Waals surface area contributed by atoms with Crippen molar-refractivity contribution in [3.05, 3.63) is 47.3 Å². The lowest BCUT2D eigenvalue weighted by atomic mass is 9.87. The van der Waals surface area contributed by atoms with Gasteiger partial charge in [0.1, 0.15) is 5.69 Å². The standard InChI is InChI=1S/C22H32N4O/c1-7-13-26(14-8-2)20(27)19-15-16(3)23-21(25-19)24-18-11-9-17(10-12-18)22(4,5)6/h9-12,15H,7-8,13-14H2,1-6H3,(H,23,24,25). The molecule has 5 nitrogen and oxygen atoms in total. The Bertz CT molecular complexity index is 757. The largest absolute Gasteiger partial charge is 0.337 e. The number of anilines is 2. The average molecular weight is 369 g/mol. The Hall–Kier alpha value is -2.43. The topological polar surface area (TPSA) is 58.1 Å². The number of rotatable bonds is 7. The van der Waals surface area contributed by atoms with Crippen molar-refractivity contribution >= 4 is 17.5 Å². The average Bonchev–Trinajstić information content (AvgIpc) is 2.60. The lowest BCUT2D eigenvalue weighted by molar-refractivity contribution is 0.0749. The van der Waals surface area contributed by atoms with E-state index in [1.807, 2.05) is 24.0 Å². The first-order valence-corrected chi connectivity index (χ1v) is 9.77. The molecule has 1 aromatic carbocycles. The molecule has 0 unspecified atom stereocenters. The van der Waals surface area contributed by atoms with Crippen molar-refractivity contribution in [2.75, 3.05) is 18.4 Å². The summed E-state index contributed by atoms with van der Waals surface area (Å²) in [5.41, 5.74) is 3.50. The Kier molecular flexibility index (Phi) is 6.94. The molecule has 0 bridgehead atoms. The van der Waals surface area contributed by atoms with E-state index >= 15 is 0 Å². The molecule has 0 aliphatic rings. The third-order valence-corrected chi connectivity index (χ3v) is 4.35. The van der Waals surface area contributed by atoms with Crippen LogP contribution >= 0.6 is 0 Å². The zero-order valence-corrected chi connectivity index (χ0v) is 17.5. The number of benzene rings is 1. The van der Waals surface area contributed by atoms with Gasteiger partial charge in [0, 0.05) is 24.5 Å². The maximum atomic E-state index is 12.8. The highest BCUT2D eigenvalue weighted by Gasteiger charge is 2.18. The number of hydrogen-bond acceptors (Lipinski definition) is 4. The Balaban J connectivity index is 2.22. The molecule has 0 atom stereocenters. The van der Waals surface area contributed by atoms with E-state index in [0.717, 1.165) is 37.3 Å². The zero-order chi connectivity index (χ0) is 20.0. The van der Waals surface area contributed by atoms with Gasteiger partial charge in [0.05, 0.1) is 0 Å². The van der Waals surface area contributed by atoms with Gasteiger partial charge in [0.15, 0.2) is 0 Å². The van der Waals surface area contributed by atoms with E-state index in [1.54, 1.807) is 6.07 Å². The smallest absolute Gasteiger partial charge is 0.272 e. The zero-order valence-electron chi connectivity index (χ0n) is 17.5. The Morgan fingerprint density at radius 1 is 1.04 bits per heavy atom. The van der Waals surface area contributed by atoms with Crippen molar-refractivity contribution in [1.82, 2.24) is 14.9 Å². The number of hydrogen-bond donors (Lipinski definition) is 1. The SMILES string of the molecule is CCCN(CCC)C(=O)c1cc(C)nc(Nc2ccc(C(C)(C)C)cc2)n1. The number of carbonyl (C=O) groups excluding carboxylic acids is 1. The predicted molar refractivity (Wildman–Crippen MR) is 112 cm³/mol. The maximum absolute atomic E-state index is 12.8. The summed E-state index contributed by atoms with van der Waals surface area (Å²) in [5, 5.41) is 3.23. The Labute approximate surface area is 163 Å². The van der Waals surface area contributed by atoms with Crippen LogP contribution in [0.25, 0.3) is 0 Å². The molecule has 0 spiro atoms. The van der Waals surface area contributed by atoms with Crippen LogP contribution in [0.15, 0.2) is 30.3 Å². The molecule has 146 valence electrons. The van der Waals surface area contributed by atoms with Gasteiger partial charge in [-0.3, -0.25) is 4.79 Å². The fourth-order valence-electron chi connectivity index (χ4n) is 2.93. The van der Waals surface area contributed by atoms with Gasteiger partial charge in [-0.15, -0.1) is 0 Å². The van der Waals surface area contributed by atoms with Gasteiger partial charge in [-0.25, -0.2) is 9.97 Å². The molecule has 2 aromatic rings. The molecule has 0 saturated heterocycles. The van der Waals surface area contributed by atoms with Crippen LogP contribution in [0.5, 0.6) is 0 Å². The summed E-state index contributed by atoms with van der Waals surface area (Å²) in [6, 6.07) is 10.0. The van der Waals surface area contributed by atoms with Crippen molar-refractivity contribution < 1.29 is 4.79 Å². The second-order valence-electron chi connectivity index (χ2n) is 7.96. The number of amides is 1. The fourth-order valence-corrected chi connectivity index (χ4v) is 2.93. The summed E-state index contributed by atoms with van der Waals surface area (Å²) in [5.74, 6) is 0.421. The molecule has 1 heterocycles. The highest BCUT2D eigenvalue weighted by atomic mass is 16.2. The molecule has 0 aliphatic heterocycles. The van der Waals surface area contributed by atoms with E-state index in [0.29, 0.717) is 11.6 Å². The van der Waals surface area contributed by atoms with E-state index in [-0.39, 0.29) is 11.3 Å². The molecule has 5 heteroatoms. The normalized spacial score (nSPS) is 11.3. The van der Waals surface area contributed by atoms with Crippen molar-refractivity contribution in [1.29, 1.82) is 0 Å². The lowest BCUT2D eigenvalue weighted by Gasteiger charge is -2.21. The van der Waals surface area contributed by atoms with Crippen LogP contribution in [-0.4, -0.2) is 33.9 Å². The molecule has 0 fully saturated rings. The summed E-state index contributed by atoms with van der Waals surface area (Å²) >= 11 is 0. The van der Waals surface area contributed by atoms with E-state index in [4.69, 9.17) is 0 Å². The minimum absolute atomic E-state index is 0.0321. The van der Waals surface area contributed by atoms with Crippen molar-refractivity contribution in [3.63, 3.8) is 0 Å². The van der Waals surface area contributed by atoms with E-state index < -0.39 is 0 Å². The number of nitrogens with zero attached hydrogens (tertiary/aromatic N) is 3. The van der Waals surface area contributed by atoms with Gasteiger partial charge in [0.25, 0.3) is 5.91 Å². The van der Waals surface area contributed by atoms with Crippen LogP contribution < -0.4 is 5.32 Å². The number of carbonyl (C=O) groups is 1. The van der Waals surface area contributed by atoms with Gasteiger partial charge in [0.2, 0.25) is 5.95 Å². The summed E-state index contributed by atoms with van der Waals surface area (Å²) in [4.78, 5) is 23.6. The van der Waals surface area contributed by atoms with Crippen LogP contribution in [0.4, 0.5) is 11.6 Å². The summed E-state index contributed by atoms with van der Waals surface area (Å²) < 4.78 is 0.